The Kier molecular flexibility index (Phi) is 10.4. The number of carbonyl (C=O) groups excluding carboxylic acids is 2. The van der Waals surface area contributed by atoms with Gasteiger partial charge in [0, 0.05) is 30.8 Å². The van der Waals surface area contributed by atoms with E-state index in [2.05, 4.69) is 24.4 Å². The van der Waals surface area contributed by atoms with Crippen molar-refractivity contribution in [2.75, 3.05) is 12.3 Å². The molecule has 0 aliphatic heterocycles. The molecule has 35 heavy (non-hydrogen) atoms. The zero-order chi connectivity index (χ0) is 25.0. The number of hydrogen-bond acceptors (Lipinski definition) is 3. The van der Waals surface area contributed by atoms with Gasteiger partial charge in [-0.2, -0.15) is 0 Å². The lowest BCUT2D eigenvalue weighted by Crippen LogP contribution is -2.51. The monoisotopic (exact) mass is 492 g/mol. The van der Waals surface area contributed by atoms with Gasteiger partial charge in [0.25, 0.3) is 0 Å². The van der Waals surface area contributed by atoms with Crippen LogP contribution in [0, 0.1) is 12.7 Å². The molecule has 3 rings (SSSR count). The SMILES string of the molecule is CCCNC(=O)C(Cc1ccccc1)N(Cc1ccccc1F)C(=O)CSCc1ccccc1C. The van der Waals surface area contributed by atoms with Crippen LogP contribution in [-0.2, 0) is 28.3 Å². The molecule has 3 aromatic rings. The fourth-order valence-corrected chi connectivity index (χ4v) is 4.82. The summed E-state index contributed by atoms with van der Waals surface area (Å²) in [5, 5.41) is 2.94. The first-order valence-electron chi connectivity index (χ1n) is 12.0. The van der Waals surface area contributed by atoms with Crippen molar-refractivity contribution in [2.45, 2.75) is 45.0 Å². The summed E-state index contributed by atoms with van der Waals surface area (Å²) in [6.45, 7) is 4.59. The Morgan fingerprint density at radius 3 is 2.29 bits per heavy atom. The highest BCUT2D eigenvalue weighted by Gasteiger charge is 2.30. The minimum Gasteiger partial charge on any atom is -0.354 e. The number of amides is 2. The fraction of sp³-hybridized carbons (Fsp3) is 0.310. The first kappa shape index (κ1) is 26.5. The maximum atomic E-state index is 14.6. The Labute approximate surface area is 211 Å². The lowest BCUT2D eigenvalue weighted by molar-refractivity contribution is -0.139. The Balaban J connectivity index is 1.85. The van der Waals surface area contributed by atoms with Gasteiger partial charge in [0.15, 0.2) is 0 Å². The van der Waals surface area contributed by atoms with Crippen molar-refractivity contribution < 1.29 is 14.0 Å². The van der Waals surface area contributed by atoms with Crippen LogP contribution in [0.3, 0.4) is 0 Å². The molecule has 0 fully saturated rings. The molecule has 0 heterocycles. The van der Waals surface area contributed by atoms with Crippen LogP contribution in [0.2, 0.25) is 0 Å². The maximum Gasteiger partial charge on any atom is 0.243 e. The molecule has 0 saturated heterocycles. The summed E-state index contributed by atoms with van der Waals surface area (Å²) in [4.78, 5) is 28.4. The molecule has 0 saturated carbocycles. The Morgan fingerprint density at radius 1 is 0.943 bits per heavy atom. The molecule has 3 aromatic carbocycles. The van der Waals surface area contributed by atoms with Gasteiger partial charge in [0.05, 0.1) is 5.75 Å². The van der Waals surface area contributed by atoms with E-state index in [1.807, 2.05) is 49.4 Å². The molecule has 0 radical (unpaired) electrons. The molecule has 2 amide bonds. The molecule has 184 valence electrons. The molecular formula is C29H33FN2O2S. The largest absolute Gasteiger partial charge is 0.354 e. The second-order valence-corrected chi connectivity index (χ2v) is 9.51. The number of benzene rings is 3. The summed E-state index contributed by atoms with van der Waals surface area (Å²) in [6, 6.07) is 23.4. The van der Waals surface area contributed by atoms with Crippen LogP contribution in [0.4, 0.5) is 4.39 Å². The van der Waals surface area contributed by atoms with Crippen molar-refractivity contribution >= 4 is 23.6 Å². The third-order valence-corrected chi connectivity index (χ3v) is 6.83. The summed E-state index contributed by atoms with van der Waals surface area (Å²) in [6.07, 6.45) is 1.15. The van der Waals surface area contributed by atoms with E-state index in [1.54, 1.807) is 23.1 Å². The smallest absolute Gasteiger partial charge is 0.243 e. The highest BCUT2D eigenvalue weighted by atomic mass is 32.2. The van der Waals surface area contributed by atoms with Crippen LogP contribution in [0.5, 0.6) is 0 Å². The van der Waals surface area contributed by atoms with Crippen LogP contribution in [-0.4, -0.2) is 35.1 Å². The van der Waals surface area contributed by atoms with Gasteiger partial charge < -0.3 is 10.2 Å². The minimum atomic E-state index is -0.741. The third kappa shape index (κ3) is 7.96. The number of thioether (sulfide) groups is 1. The van der Waals surface area contributed by atoms with E-state index in [-0.39, 0.29) is 29.9 Å². The first-order valence-corrected chi connectivity index (χ1v) is 13.1. The van der Waals surface area contributed by atoms with Gasteiger partial charge in [-0.1, -0.05) is 79.7 Å². The molecule has 1 unspecified atom stereocenters. The maximum absolute atomic E-state index is 14.6. The number of halogens is 1. The Morgan fingerprint density at radius 2 is 1.60 bits per heavy atom. The normalized spacial score (nSPS) is 11.6. The van der Waals surface area contributed by atoms with Crippen molar-refractivity contribution in [1.29, 1.82) is 0 Å². The summed E-state index contributed by atoms with van der Waals surface area (Å²) in [7, 11) is 0. The molecule has 1 atom stereocenters. The molecule has 0 spiro atoms. The Hall–Kier alpha value is -3.12. The predicted molar refractivity (Wildman–Crippen MR) is 142 cm³/mol. The standard InChI is InChI=1S/C29H33FN2O2S/c1-3-17-31-29(34)27(18-23-12-5-4-6-13-23)32(19-24-14-9-10-16-26(24)30)28(33)21-35-20-25-15-8-7-11-22(25)2/h4-16,27H,3,17-21H2,1-2H3,(H,31,34). The van der Waals surface area contributed by atoms with E-state index in [9.17, 15) is 14.0 Å². The molecule has 0 aromatic heterocycles. The van der Waals surface area contributed by atoms with Crippen molar-refractivity contribution in [1.82, 2.24) is 10.2 Å². The fourth-order valence-electron chi connectivity index (χ4n) is 3.83. The molecule has 0 bridgehead atoms. The number of nitrogens with zero attached hydrogens (tertiary/aromatic N) is 1. The number of rotatable bonds is 12. The van der Waals surface area contributed by atoms with Crippen molar-refractivity contribution in [3.8, 4) is 0 Å². The van der Waals surface area contributed by atoms with Crippen molar-refractivity contribution in [3.63, 3.8) is 0 Å². The third-order valence-electron chi connectivity index (χ3n) is 5.86. The van der Waals surface area contributed by atoms with E-state index < -0.39 is 6.04 Å². The average molecular weight is 493 g/mol. The minimum absolute atomic E-state index is 0.0352. The first-order chi connectivity index (χ1) is 17.0. The van der Waals surface area contributed by atoms with Crippen molar-refractivity contribution in [2.24, 2.45) is 0 Å². The average Bonchev–Trinajstić information content (AvgIpc) is 2.87. The molecular weight excluding hydrogens is 459 g/mol. The highest BCUT2D eigenvalue weighted by molar-refractivity contribution is 7.99. The zero-order valence-corrected chi connectivity index (χ0v) is 21.2. The lowest BCUT2D eigenvalue weighted by Gasteiger charge is -2.31. The number of hydrogen-bond donors (Lipinski definition) is 1. The van der Waals surface area contributed by atoms with Gasteiger partial charge in [0.1, 0.15) is 11.9 Å². The summed E-state index contributed by atoms with van der Waals surface area (Å²) in [5.41, 5.74) is 3.69. The van der Waals surface area contributed by atoms with Crippen molar-refractivity contribution in [3.05, 3.63) is 107 Å². The summed E-state index contributed by atoms with van der Waals surface area (Å²) >= 11 is 1.51. The summed E-state index contributed by atoms with van der Waals surface area (Å²) < 4.78 is 14.6. The lowest BCUT2D eigenvalue weighted by atomic mass is 10.0. The quantitative estimate of drug-likeness (QED) is 0.362. The molecule has 0 aliphatic carbocycles. The van der Waals surface area contributed by atoms with Crippen LogP contribution in [0.15, 0.2) is 78.9 Å². The van der Waals surface area contributed by atoms with Crippen LogP contribution in [0.25, 0.3) is 0 Å². The summed E-state index contributed by atoms with van der Waals surface area (Å²) in [5.74, 6) is 0.112. The molecule has 0 aliphatic rings. The second kappa shape index (κ2) is 13.7. The van der Waals surface area contributed by atoms with Crippen LogP contribution < -0.4 is 5.32 Å². The number of aryl methyl sites for hydroxylation is 1. The van der Waals surface area contributed by atoms with E-state index >= 15 is 0 Å². The van der Waals surface area contributed by atoms with E-state index in [1.165, 1.54) is 29.0 Å². The van der Waals surface area contributed by atoms with E-state index in [4.69, 9.17) is 0 Å². The van der Waals surface area contributed by atoms with E-state index in [0.29, 0.717) is 24.3 Å². The highest BCUT2D eigenvalue weighted by Crippen LogP contribution is 2.20. The van der Waals surface area contributed by atoms with Crippen LogP contribution >= 0.6 is 11.8 Å². The Bertz CT molecular complexity index is 1110. The number of carbonyl (C=O) groups is 2. The van der Waals surface area contributed by atoms with E-state index in [0.717, 1.165) is 12.0 Å². The van der Waals surface area contributed by atoms with Gasteiger partial charge in [0.2, 0.25) is 11.8 Å². The molecule has 1 N–H and O–H groups in total. The topological polar surface area (TPSA) is 49.4 Å². The van der Waals surface area contributed by atoms with Gasteiger partial charge in [-0.3, -0.25) is 9.59 Å². The number of nitrogens with one attached hydrogen (secondary N) is 1. The molecule has 6 heteroatoms. The zero-order valence-electron chi connectivity index (χ0n) is 20.4. The van der Waals surface area contributed by atoms with Gasteiger partial charge in [-0.25, -0.2) is 4.39 Å². The van der Waals surface area contributed by atoms with Gasteiger partial charge >= 0.3 is 0 Å². The van der Waals surface area contributed by atoms with Crippen LogP contribution in [0.1, 0.15) is 35.6 Å². The van der Waals surface area contributed by atoms with Gasteiger partial charge in [-0.05, 0) is 36.1 Å². The predicted octanol–water partition coefficient (Wildman–Crippen LogP) is 5.53. The second-order valence-electron chi connectivity index (χ2n) is 8.53. The molecule has 4 nitrogen and oxygen atoms in total. The van der Waals surface area contributed by atoms with Gasteiger partial charge in [-0.15, -0.1) is 11.8 Å².